The molecule has 2 heteroatoms. The van der Waals surface area contributed by atoms with Crippen LogP contribution in [0.25, 0.3) is 0 Å². The van der Waals surface area contributed by atoms with Crippen molar-refractivity contribution >= 4 is 5.69 Å². The van der Waals surface area contributed by atoms with E-state index < -0.39 is 0 Å². The number of aliphatic hydroxyl groups is 1. The van der Waals surface area contributed by atoms with E-state index in [-0.39, 0.29) is 12.0 Å². The zero-order chi connectivity index (χ0) is 10.1. The molecule has 0 amide bonds. The second-order valence-corrected chi connectivity index (χ2v) is 4.11. The number of rotatable bonds is 2. The van der Waals surface area contributed by atoms with E-state index >= 15 is 0 Å². The molecule has 0 saturated heterocycles. The van der Waals surface area contributed by atoms with Crippen molar-refractivity contribution in [1.29, 1.82) is 0 Å². The van der Waals surface area contributed by atoms with Crippen LogP contribution < -0.4 is 5.73 Å². The molecule has 0 bridgehead atoms. The molecule has 0 aliphatic heterocycles. The number of nitrogens with two attached hydrogens (primary N) is 1. The summed E-state index contributed by atoms with van der Waals surface area (Å²) in [6.07, 6.45) is 0. The summed E-state index contributed by atoms with van der Waals surface area (Å²) in [5.74, 6) is 0. The lowest BCUT2D eigenvalue weighted by atomic mass is 9.85. The Morgan fingerprint density at radius 2 is 2.00 bits per heavy atom. The van der Waals surface area contributed by atoms with E-state index in [1.165, 1.54) is 0 Å². The number of hydrogen-bond acceptors (Lipinski definition) is 2. The van der Waals surface area contributed by atoms with Crippen molar-refractivity contribution in [3.63, 3.8) is 0 Å². The van der Waals surface area contributed by atoms with Crippen LogP contribution in [-0.4, -0.2) is 11.7 Å². The van der Waals surface area contributed by atoms with Crippen LogP contribution in [0.1, 0.15) is 25.0 Å². The van der Waals surface area contributed by atoms with Gasteiger partial charge in [-0.15, -0.1) is 0 Å². The summed E-state index contributed by atoms with van der Waals surface area (Å²) < 4.78 is 0. The Kier molecular flexibility index (Phi) is 2.62. The summed E-state index contributed by atoms with van der Waals surface area (Å²) >= 11 is 0. The molecule has 0 atom stereocenters. The second-order valence-electron chi connectivity index (χ2n) is 4.11. The highest BCUT2D eigenvalue weighted by atomic mass is 16.3. The first kappa shape index (κ1) is 10.1. The van der Waals surface area contributed by atoms with Crippen LogP contribution in [0.15, 0.2) is 18.2 Å². The standard InChI is InChI=1S/C11H17NO/c1-8-4-5-9(6-10(8)12)11(2,3)7-13/h4-6,13H,7,12H2,1-3H3. The van der Waals surface area contributed by atoms with Crippen LogP contribution in [-0.2, 0) is 5.41 Å². The topological polar surface area (TPSA) is 46.2 Å². The van der Waals surface area contributed by atoms with E-state index in [4.69, 9.17) is 10.8 Å². The number of benzene rings is 1. The highest BCUT2D eigenvalue weighted by Crippen LogP contribution is 2.25. The Hall–Kier alpha value is -1.02. The van der Waals surface area contributed by atoms with Gasteiger partial charge in [0.05, 0.1) is 6.61 Å². The zero-order valence-corrected chi connectivity index (χ0v) is 8.46. The Bertz CT molecular complexity index is 305. The van der Waals surface area contributed by atoms with Gasteiger partial charge >= 0.3 is 0 Å². The Balaban J connectivity index is 3.10. The van der Waals surface area contributed by atoms with Gasteiger partial charge in [0.1, 0.15) is 0 Å². The molecular formula is C11H17NO. The second kappa shape index (κ2) is 3.38. The van der Waals surface area contributed by atoms with Crippen molar-refractivity contribution in [1.82, 2.24) is 0 Å². The van der Waals surface area contributed by atoms with E-state index in [0.717, 1.165) is 16.8 Å². The van der Waals surface area contributed by atoms with Gasteiger partial charge in [-0.25, -0.2) is 0 Å². The normalized spacial score (nSPS) is 11.7. The van der Waals surface area contributed by atoms with Gasteiger partial charge in [-0.05, 0) is 24.1 Å². The van der Waals surface area contributed by atoms with E-state index in [0.29, 0.717) is 0 Å². The molecule has 0 aromatic heterocycles. The van der Waals surface area contributed by atoms with Crippen LogP contribution >= 0.6 is 0 Å². The fourth-order valence-corrected chi connectivity index (χ4v) is 1.15. The van der Waals surface area contributed by atoms with Gasteiger partial charge in [-0.1, -0.05) is 26.0 Å². The van der Waals surface area contributed by atoms with Crippen molar-refractivity contribution in [3.8, 4) is 0 Å². The Morgan fingerprint density at radius 3 is 2.46 bits per heavy atom. The molecule has 1 aromatic carbocycles. The van der Waals surface area contributed by atoms with E-state index in [2.05, 4.69) is 0 Å². The molecule has 0 unspecified atom stereocenters. The molecule has 0 spiro atoms. The molecule has 3 N–H and O–H groups in total. The fraction of sp³-hybridized carbons (Fsp3) is 0.455. The van der Waals surface area contributed by atoms with Gasteiger partial charge in [0, 0.05) is 11.1 Å². The number of anilines is 1. The molecule has 0 saturated carbocycles. The minimum Gasteiger partial charge on any atom is -0.399 e. The smallest absolute Gasteiger partial charge is 0.0522 e. The van der Waals surface area contributed by atoms with Crippen LogP contribution in [0.3, 0.4) is 0 Å². The third-order valence-electron chi connectivity index (χ3n) is 2.46. The first-order valence-corrected chi connectivity index (χ1v) is 4.45. The van der Waals surface area contributed by atoms with Gasteiger partial charge in [0.25, 0.3) is 0 Å². The molecule has 1 rings (SSSR count). The summed E-state index contributed by atoms with van der Waals surface area (Å²) in [7, 11) is 0. The van der Waals surface area contributed by atoms with Gasteiger partial charge in [0.2, 0.25) is 0 Å². The van der Waals surface area contributed by atoms with Crippen molar-refractivity contribution < 1.29 is 5.11 Å². The molecule has 2 nitrogen and oxygen atoms in total. The Morgan fingerprint density at radius 1 is 1.38 bits per heavy atom. The van der Waals surface area contributed by atoms with E-state index in [1.54, 1.807) is 0 Å². The van der Waals surface area contributed by atoms with Crippen molar-refractivity contribution in [3.05, 3.63) is 29.3 Å². The molecule has 1 aromatic rings. The third kappa shape index (κ3) is 2.01. The molecule has 0 heterocycles. The maximum absolute atomic E-state index is 9.17. The van der Waals surface area contributed by atoms with Crippen LogP contribution in [0, 0.1) is 6.92 Å². The average Bonchev–Trinajstić information content (AvgIpc) is 2.09. The summed E-state index contributed by atoms with van der Waals surface area (Å²) in [5, 5.41) is 9.17. The molecule has 0 aliphatic rings. The number of nitrogen functional groups attached to an aromatic ring is 1. The van der Waals surface area contributed by atoms with Crippen molar-refractivity contribution in [2.45, 2.75) is 26.2 Å². The lowest BCUT2D eigenvalue weighted by molar-refractivity contribution is 0.218. The predicted octanol–water partition coefficient (Wildman–Crippen LogP) is 1.85. The van der Waals surface area contributed by atoms with Gasteiger partial charge < -0.3 is 10.8 Å². The first-order chi connectivity index (χ1) is 5.97. The predicted molar refractivity (Wildman–Crippen MR) is 55.7 cm³/mol. The first-order valence-electron chi connectivity index (χ1n) is 4.45. The lowest BCUT2D eigenvalue weighted by Crippen LogP contribution is -2.22. The third-order valence-corrected chi connectivity index (χ3v) is 2.46. The molecule has 72 valence electrons. The SMILES string of the molecule is Cc1ccc(C(C)(C)CO)cc1N. The largest absolute Gasteiger partial charge is 0.399 e. The van der Waals surface area contributed by atoms with Crippen LogP contribution in [0.2, 0.25) is 0 Å². The Labute approximate surface area is 79.4 Å². The van der Waals surface area contributed by atoms with Crippen molar-refractivity contribution in [2.75, 3.05) is 12.3 Å². The maximum atomic E-state index is 9.17. The quantitative estimate of drug-likeness (QED) is 0.680. The fourth-order valence-electron chi connectivity index (χ4n) is 1.15. The molecule has 0 radical (unpaired) electrons. The molecular weight excluding hydrogens is 162 g/mol. The van der Waals surface area contributed by atoms with E-state index in [9.17, 15) is 0 Å². The van der Waals surface area contributed by atoms with E-state index in [1.807, 2.05) is 39.0 Å². The van der Waals surface area contributed by atoms with Crippen molar-refractivity contribution in [2.24, 2.45) is 0 Å². The summed E-state index contributed by atoms with van der Waals surface area (Å²) in [5.41, 5.74) is 8.54. The molecule has 0 aliphatic carbocycles. The number of aliphatic hydroxyl groups excluding tert-OH is 1. The van der Waals surface area contributed by atoms with Crippen LogP contribution in [0.4, 0.5) is 5.69 Å². The number of aryl methyl sites for hydroxylation is 1. The molecule has 13 heavy (non-hydrogen) atoms. The highest BCUT2D eigenvalue weighted by Gasteiger charge is 2.19. The van der Waals surface area contributed by atoms with Crippen LogP contribution in [0.5, 0.6) is 0 Å². The highest BCUT2D eigenvalue weighted by molar-refractivity contribution is 5.49. The average molecular weight is 179 g/mol. The van der Waals surface area contributed by atoms with Gasteiger partial charge in [0.15, 0.2) is 0 Å². The van der Waals surface area contributed by atoms with Gasteiger partial charge in [-0.3, -0.25) is 0 Å². The summed E-state index contributed by atoms with van der Waals surface area (Å²) in [6, 6.07) is 5.94. The molecule has 0 fully saturated rings. The summed E-state index contributed by atoms with van der Waals surface area (Å²) in [6.45, 7) is 6.11. The maximum Gasteiger partial charge on any atom is 0.0522 e. The minimum atomic E-state index is -0.207. The zero-order valence-electron chi connectivity index (χ0n) is 8.46. The summed E-state index contributed by atoms with van der Waals surface area (Å²) in [4.78, 5) is 0. The minimum absolute atomic E-state index is 0.134. The number of hydrogen-bond donors (Lipinski definition) is 2. The monoisotopic (exact) mass is 179 g/mol. The van der Waals surface area contributed by atoms with Gasteiger partial charge in [-0.2, -0.15) is 0 Å². The lowest BCUT2D eigenvalue weighted by Gasteiger charge is -2.22.